The van der Waals surface area contributed by atoms with Gasteiger partial charge in [-0.2, -0.15) is 0 Å². The number of methoxy groups -OCH3 is 1. The molecule has 0 saturated heterocycles. The van der Waals surface area contributed by atoms with Gasteiger partial charge in [0.1, 0.15) is 5.69 Å². The molecule has 1 heterocycles. The van der Waals surface area contributed by atoms with E-state index in [9.17, 15) is 9.59 Å². The molecule has 110 valence electrons. The maximum Gasteiger partial charge on any atom is 0.305 e. The van der Waals surface area contributed by atoms with Crippen molar-refractivity contribution in [2.45, 2.75) is 25.7 Å². The van der Waals surface area contributed by atoms with Gasteiger partial charge in [-0.3, -0.25) is 14.6 Å². The largest absolute Gasteiger partial charge is 0.469 e. The van der Waals surface area contributed by atoms with E-state index in [0.717, 1.165) is 31.5 Å². The lowest BCUT2D eigenvalue weighted by Gasteiger charge is -2.07. The van der Waals surface area contributed by atoms with Crippen LogP contribution in [0.5, 0.6) is 0 Å². The summed E-state index contributed by atoms with van der Waals surface area (Å²) in [5.74, 6) is -0.367. The number of hydrogen-bond acceptors (Lipinski definition) is 5. The van der Waals surface area contributed by atoms with E-state index in [4.69, 9.17) is 0 Å². The standard InChI is InChI=1S/C14H21N3O3/c1-15-14(19)12-10-11(7-9-17-12)16-8-5-3-4-6-13(18)20-2/h7,9-10H,3-6,8H2,1-2H3,(H,15,19)(H,16,17). The molecule has 0 spiro atoms. The smallest absolute Gasteiger partial charge is 0.305 e. The molecule has 1 amide bonds. The lowest BCUT2D eigenvalue weighted by Crippen LogP contribution is -2.19. The van der Waals surface area contributed by atoms with Crippen LogP contribution in [-0.2, 0) is 9.53 Å². The number of rotatable bonds is 8. The normalized spacial score (nSPS) is 9.90. The monoisotopic (exact) mass is 279 g/mol. The number of unbranched alkanes of at least 4 members (excludes halogenated alkanes) is 2. The summed E-state index contributed by atoms with van der Waals surface area (Å²) in [4.78, 5) is 26.3. The van der Waals surface area contributed by atoms with Gasteiger partial charge in [0, 0.05) is 31.9 Å². The first-order valence-corrected chi connectivity index (χ1v) is 6.66. The number of ether oxygens (including phenoxy) is 1. The highest BCUT2D eigenvalue weighted by molar-refractivity contribution is 5.92. The maximum absolute atomic E-state index is 11.4. The highest BCUT2D eigenvalue weighted by Gasteiger charge is 2.05. The maximum atomic E-state index is 11.4. The minimum absolute atomic E-state index is 0.165. The Bertz CT molecular complexity index is 449. The molecule has 0 aliphatic rings. The minimum atomic E-state index is -0.202. The third-order valence-electron chi connectivity index (χ3n) is 2.83. The molecule has 1 rings (SSSR count). The molecule has 2 N–H and O–H groups in total. The van der Waals surface area contributed by atoms with Gasteiger partial charge in [-0.15, -0.1) is 0 Å². The SMILES string of the molecule is CNC(=O)c1cc(NCCCCCC(=O)OC)ccn1. The summed E-state index contributed by atoms with van der Waals surface area (Å²) in [6, 6.07) is 3.54. The fourth-order valence-corrected chi connectivity index (χ4v) is 1.70. The Morgan fingerprint density at radius 3 is 2.80 bits per heavy atom. The van der Waals surface area contributed by atoms with Crippen molar-refractivity contribution in [3.8, 4) is 0 Å². The first kappa shape index (κ1) is 15.9. The number of hydrogen-bond donors (Lipinski definition) is 2. The van der Waals surface area contributed by atoms with E-state index in [1.54, 1.807) is 19.3 Å². The predicted octanol–water partition coefficient (Wildman–Crippen LogP) is 1.59. The van der Waals surface area contributed by atoms with Crippen molar-refractivity contribution < 1.29 is 14.3 Å². The van der Waals surface area contributed by atoms with Crippen molar-refractivity contribution in [3.05, 3.63) is 24.0 Å². The summed E-state index contributed by atoms with van der Waals surface area (Å²) in [5.41, 5.74) is 1.26. The molecule has 0 saturated carbocycles. The Labute approximate surface area is 118 Å². The Morgan fingerprint density at radius 2 is 2.10 bits per heavy atom. The third-order valence-corrected chi connectivity index (χ3v) is 2.83. The van der Waals surface area contributed by atoms with Crippen LogP contribution in [-0.4, -0.2) is 37.6 Å². The summed E-state index contributed by atoms with van der Waals surface area (Å²) < 4.78 is 4.57. The number of carbonyl (C=O) groups excluding carboxylic acids is 2. The molecule has 0 fully saturated rings. The quantitative estimate of drug-likeness (QED) is 0.558. The first-order valence-electron chi connectivity index (χ1n) is 6.66. The average molecular weight is 279 g/mol. The number of nitrogens with zero attached hydrogens (tertiary/aromatic N) is 1. The fourth-order valence-electron chi connectivity index (χ4n) is 1.70. The molecule has 0 aliphatic heterocycles. The van der Waals surface area contributed by atoms with Crippen LogP contribution in [0, 0.1) is 0 Å². The molecule has 20 heavy (non-hydrogen) atoms. The van der Waals surface area contributed by atoms with Crippen LogP contribution in [0.1, 0.15) is 36.2 Å². The zero-order chi connectivity index (χ0) is 14.8. The third kappa shape index (κ3) is 5.69. The number of pyridine rings is 1. The molecule has 0 atom stereocenters. The van der Waals surface area contributed by atoms with Gasteiger partial charge >= 0.3 is 5.97 Å². The van der Waals surface area contributed by atoms with E-state index >= 15 is 0 Å². The molecule has 0 unspecified atom stereocenters. The molecule has 0 bridgehead atoms. The summed E-state index contributed by atoms with van der Waals surface area (Å²) in [7, 11) is 2.97. The van der Waals surface area contributed by atoms with Crippen molar-refractivity contribution in [2.24, 2.45) is 0 Å². The van der Waals surface area contributed by atoms with Crippen LogP contribution in [0.3, 0.4) is 0 Å². The second-order valence-corrected chi connectivity index (χ2v) is 4.32. The highest BCUT2D eigenvalue weighted by Crippen LogP contribution is 2.09. The molecular weight excluding hydrogens is 258 g/mol. The molecule has 1 aromatic heterocycles. The van der Waals surface area contributed by atoms with Crippen LogP contribution in [0.15, 0.2) is 18.3 Å². The van der Waals surface area contributed by atoms with E-state index in [-0.39, 0.29) is 11.9 Å². The van der Waals surface area contributed by atoms with Gasteiger partial charge in [0.2, 0.25) is 0 Å². The Balaban J connectivity index is 2.25. The molecule has 0 aliphatic carbocycles. The Hall–Kier alpha value is -2.11. The van der Waals surface area contributed by atoms with Gasteiger partial charge in [0.15, 0.2) is 0 Å². The Kier molecular flexibility index (Phi) is 7.10. The number of esters is 1. The first-order chi connectivity index (χ1) is 9.67. The van der Waals surface area contributed by atoms with E-state index in [0.29, 0.717) is 12.1 Å². The summed E-state index contributed by atoms with van der Waals surface area (Å²) in [6.07, 6.45) is 4.80. The summed E-state index contributed by atoms with van der Waals surface area (Å²) in [6.45, 7) is 0.790. The van der Waals surface area contributed by atoms with Crippen LogP contribution in [0.2, 0.25) is 0 Å². The number of carbonyl (C=O) groups is 2. The van der Waals surface area contributed by atoms with E-state index < -0.39 is 0 Å². The van der Waals surface area contributed by atoms with E-state index in [1.807, 2.05) is 6.07 Å². The van der Waals surface area contributed by atoms with Crippen LogP contribution in [0.4, 0.5) is 5.69 Å². The van der Waals surface area contributed by atoms with Crippen LogP contribution < -0.4 is 10.6 Å². The molecule has 6 heteroatoms. The predicted molar refractivity (Wildman–Crippen MR) is 76.6 cm³/mol. The summed E-state index contributed by atoms with van der Waals surface area (Å²) >= 11 is 0. The van der Waals surface area contributed by atoms with Crippen LogP contribution >= 0.6 is 0 Å². The molecule has 6 nitrogen and oxygen atoms in total. The van der Waals surface area contributed by atoms with Crippen molar-refractivity contribution in [2.75, 3.05) is 26.0 Å². The molecule has 0 radical (unpaired) electrons. The molecule has 1 aromatic rings. The van der Waals surface area contributed by atoms with Crippen LogP contribution in [0.25, 0.3) is 0 Å². The van der Waals surface area contributed by atoms with Crippen molar-refractivity contribution in [3.63, 3.8) is 0 Å². The average Bonchev–Trinajstić information content (AvgIpc) is 2.49. The molecule has 0 aromatic carbocycles. The minimum Gasteiger partial charge on any atom is -0.469 e. The van der Waals surface area contributed by atoms with Gasteiger partial charge in [-0.25, -0.2) is 0 Å². The van der Waals surface area contributed by atoms with Crippen molar-refractivity contribution in [1.82, 2.24) is 10.3 Å². The zero-order valence-electron chi connectivity index (χ0n) is 11.9. The van der Waals surface area contributed by atoms with Crippen molar-refractivity contribution in [1.29, 1.82) is 0 Å². The number of amides is 1. The fraction of sp³-hybridized carbons (Fsp3) is 0.500. The number of nitrogens with one attached hydrogen (secondary N) is 2. The van der Waals surface area contributed by atoms with Gasteiger partial charge in [0.05, 0.1) is 7.11 Å². The van der Waals surface area contributed by atoms with E-state index in [1.165, 1.54) is 7.11 Å². The van der Waals surface area contributed by atoms with Gasteiger partial charge < -0.3 is 15.4 Å². The number of anilines is 1. The highest BCUT2D eigenvalue weighted by atomic mass is 16.5. The zero-order valence-corrected chi connectivity index (χ0v) is 11.9. The topological polar surface area (TPSA) is 80.3 Å². The second kappa shape index (κ2) is 8.90. The van der Waals surface area contributed by atoms with Gasteiger partial charge in [-0.05, 0) is 25.0 Å². The van der Waals surface area contributed by atoms with E-state index in [2.05, 4.69) is 20.4 Å². The second-order valence-electron chi connectivity index (χ2n) is 4.32. The lowest BCUT2D eigenvalue weighted by molar-refractivity contribution is -0.140. The van der Waals surface area contributed by atoms with Gasteiger partial charge in [0.25, 0.3) is 5.91 Å². The van der Waals surface area contributed by atoms with Crippen molar-refractivity contribution >= 4 is 17.6 Å². The number of aromatic nitrogens is 1. The lowest BCUT2D eigenvalue weighted by atomic mass is 10.2. The Morgan fingerprint density at radius 1 is 1.30 bits per heavy atom. The summed E-state index contributed by atoms with van der Waals surface area (Å²) in [5, 5.41) is 5.77. The molecular formula is C14H21N3O3. The van der Waals surface area contributed by atoms with Gasteiger partial charge in [-0.1, -0.05) is 6.42 Å².